The molecule has 1 aromatic heterocycles. The largest absolute Gasteiger partial charge is 0.379 e. The quantitative estimate of drug-likeness (QED) is 0.776. The molecule has 1 atom stereocenters. The Balaban J connectivity index is 2.54. The summed E-state index contributed by atoms with van der Waals surface area (Å²) in [4.78, 5) is 5.47. The number of hydrogen-bond donors (Lipinski definition) is 1. The standard InChI is InChI=1S/C13H24N2OS/c1-5-6-15-11(8-13(2,3)16-4)7-12-9-14-10-17-12/h9-11,15H,5-8H2,1-4H3. The lowest BCUT2D eigenvalue weighted by Crippen LogP contribution is -2.39. The molecule has 3 nitrogen and oxygen atoms in total. The van der Waals surface area contributed by atoms with E-state index in [4.69, 9.17) is 4.74 Å². The fourth-order valence-electron chi connectivity index (χ4n) is 1.83. The summed E-state index contributed by atoms with van der Waals surface area (Å²) in [6, 6.07) is 0.463. The van der Waals surface area contributed by atoms with Crippen LogP contribution < -0.4 is 5.32 Å². The maximum atomic E-state index is 5.52. The topological polar surface area (TPSA) is 34.2 Å². The minimum Gasteiger partial charge on any atom is -0.379 e. The van der Waals surface area contributed by atoms with E-state index in [1.54, 1.807) is 18.4 Å². The van der Waals surface area contributed by atoms with E-state index in [-0.39, 0.29) is 5.60 Å². The molecule has 0 aliphatic heterocycles. The molecule has 0 saturated carbocycles. The molecule has 98 valence electrons. The Hall–Kier alpha value is -0.450. The maximum absolute atomic E-state index is 5.52. The van der Waals surface area contributed by atoms with Gasteiger partial charge in [-0.2, -0.15) is 0 Å². The Kier molecular flexibility index (Phi) is 6.09. The summed E-state index contributed by atoms with van der Waals surface area (Å²) >= 11 is 1.73. The number of nitrogens with zero attached hydrogens (tertiary/aromatic N) is 1. The van der Waals surface area contributed by atoms with Gasteiger partial charge in [-0.15, -0.1) is 11.3 Å². The van der Waals surface area contributed by atoms with Crippen LogP contribution >= 0.6 is 11.3 Å². The number of thiazole rings is 1. The zero-order valence-electron chi connectivity index (χ0n) is 11.3. The van der Waals surface area contributed by atoms with Crippen molar-refractivity contribution in [2.75, 3.05) is 13.7 Å². The first kappa shape index (κ1) is 14.6. The van der Waals surface area contributed by atoms with Crippen LogP contribution in [0.4, 0.5) is 0 Å². The number of aromatic nitrogens is 1. The van der Waals surface area contributed by atoms with E-state index in [1.165, 1.54) is 4.88 Å². The highest BCUT2D eigenvalue weighted by molar-refractivity contribution is 7.09. The van der Waals surface area contributed by atoms with Gasteiger partial charge in [-0.1, -0.05) is 6.92 Å². The fraction of sp³-hybridized carbons (Fsp3) is 0.769. The predicted molar refractivity (Wildman–Crippen MR) is 73.6 cm³/mol. The van der Waals surface area contributed by atoms with E-state index >= 15 is 0 Å². The van der Waals surface area contributed by atoms with Crippen molar-refractivity contribution in [3.05, 3.63) is 16.6 Å². The summed E-state index contributed by atoms with van der Waals surface area (Å²) in [6.07, 6.45) is 5.18. The Bertz CT molecular complexity index is 298. The van der Waals surface area contributed by atoms with Crippen molar-refractivity contribution in [2.45, 2.75) is 51.7 Å². The summed E-state index contributed by atoms with van der Waals surface area (Å²) in [5.41, 5.74) is 1.82. The molecular weight excluding hydrogens is 232 g/mol. The second kappa shape index (κ2) is 7.09. The normalized spacial score (nSPS) is 13.9. The molecule has 0 aromatic carbocycles. The Morgan fingerprint density at radius 3 is 2.82 bits per heavy atom. The van der Waals surface area contributed by atoms with E-state index < -0.39 is 0 Å². The van der Waals surface area contributed by atoms with E-state index in [1.807, 2.05) is 11.7 Å². The average Bonchev–Trinajstić information content (AvgIpc) is 2.78. The molecule has 1 N–H and O–H groups in total. The van der Waals surface area contributed by atoms with Gasteiger partial charge in [-0.25, -0.2) is 0 Å². The SMILES string of the molecule is CCCNC(Cc1cncs1)CC(C)(C)OC. The molecule has 1 heterocycles. The third kappa shape index (κ3) is 5.61. The number of ether oxygens (including phenoxy) is 1. The van der Waals surface area contributed by atoms with Crippen molar-refractivity contribution in [3.8, 4) is 0 Å². The highest BCUT2D eigenvalue weighted by atomic mass is 32.1. The van der Waals surface area contributed by atoms with Crippen molar-refractivity contribution < 1.29 is 4.74 Å². The van der Waals surface area contributed by atoms with Crippen molar-refractivity contribution in [1.82, 2.24) is 10.3 Å². The van der Waals surface area contributed by atoms with Crippen molar-refractivity contribution in [2.24, 2.45) is 0 Å². The summed E-state index contributed by atoms with van der Waals surface area (Å²) in [5.74, 6) is 0. The molecule has 0 radical (unpaired) electrons. The van der Waals surface area contributed by atoms with Crippen LogP contribution in [-0.2, 0) is 11.2 Å². The van der Waals surface area contributed by atoms with Gasteiger partial charge in [0.05, 0.1) is 11.1 Å². The summed E-state index contributed by atoms with van der Waals surface area (Å²) in [5, 5.41) is 3.60. The number of nitrogens with one attached hydrogen (secondary N) is 1. The zero-order valence-corrected chi connectivity index (χ0v) is 12.1. The van der Waals surface area contributed by atoms with Gasteiger partial charge in [0.2, 0.25) is 0 Å². The Morgan fingerprint density at radius 1 is 1.53 bits per heavy atom. The van der Waals surface area contributed by atoms with Crippen LogP contribution in [0.5, 0.6) is 0 Å². The zero-order chi connectivity index (χ0) is 12.7. The highest BCUT2D eigenvalue weighted by Gasteiger charge is 2.22. The van der Waals surface area contributed by atoms with Crippen LogP contribution in [0.1, 0.15) is 38.5 Å². The van der Waals surface area contributed by atoms with E-state index in [2.05, 4.69) is 31.1 Å². The molecule has 17 heavy (non-hydrogen) atoms. The molecule has 0 saturated heterocycles. The van der Waals surface area contributed by atoms with E-state index in [0.29, 0.717) is 6.04 Å². The van der Waals surface area contributed by atoms with Gasteiger partial charge in [0.1, 0.15) is 0 Å². The Morgan fingerprint density at radius 2 is 2.29 bits per heavy atom. The monoisotopic (exact) mass is 256 g/mol. The van der Waals surface area contributed by atoms with E-state index in [9.17, 15) is 0 Å². The van der Waals surface area contributed by atoms with Gasteiger partial charge in [0.25, 0.3) is 0 Å². The highest BCUT2D eigenvalue weighted by Crippen LogP contribution is 2.19. The first-order valence-electron chi connectivity index (χ1n) is 6.23. The van der Waals surface area contributed by atoms with Crippen LogP contribution in [-0.4, -0.2) is 30.3 Å². The minimum atomic E-state index is -0.0733. The molecule has 0 fully saturated rings. The first-order valence-corrected chi connectivity index (χ1v) is 7.11. The molecule has 0 bridgehead atoms. The average molecular weight is 256 g/mol. The molecule has 1 unspecified atom stereocenters. The number of methoxy groups -OCH3 is 1. The lowest BCUT2D eigenvalue weighted by atomic mass is 9.96. The molecular formula is C13H24N2OS. The molecule has 0 aliphatic rings. The smallest absolute Gasteiger partial charge is 0.0794 e. The predicted octanol–water partition coefficient (Wildman–Crippen LogP) is 2.87. The van der Waals surface area contributed by atoms with Gasteiger partial charge < -0.3 is 10.1 Å². The van der Waals surface area contributed by atoms with Crippen LogP contribution in [0.3, 0.4) is 0 Å². The van der Waals surface area contributed by atoms with Crippen LogP contribution in [0.25, 0.3) is 0 Å². The molecule has 0 spiro atoms. The fourth-order valence-corrected chi connectivity index (χ4v) is 2.50. The van der Waals surface area contributed by atoms with Gasteiger partial charge in [-0.3, -0.25) is 4.98 Å². The molecule has 1 rings (SSSR count). The lowest BCUT2D eigenvalue weighted by molar-refractivity contribution is 0.00720. The van der Waals surface area contributed by atoms with Crippen molar-refractivity contribution >= 4 is 11.3 Å². The van der Waals surface area contributed by atoms with Crippen molar-refractivity contribution in [3.63, 3.8) is 0 Å². The maximum Gasteiger partial charge on any atom is 0.0794 e. The summed E-state index contributed by atoms with van der Waals surface area (Å²) in [6.45, 7) is 7.53. The Labute approximate surface area is 109 Å². The number of hydrogen-bond acceptors (Lipinski definition) is 4. The summed E-state index contributed by atoms with van der Waals surface area (Å²) in [7, 11) is 1.78. The third-order valence-electron chi connectivity index (χ3n) is 2.90. The second-order valence-electron chi connectivity index (χ2n) is 4.99. The molecule has 4 heteroatoms. The second-order valence-corrected chi connectivity index (χ2v) is 5.96. The van der Waals surface area contributed by atoms with Gasteiger partial charge in [0.15, 0.2) is 0 Å². The molecule has 1 aromatic rings. The van der Waals surface area contributed by atoms with Gasteiger partial charge in [0, 0.05) is 24.2 Å². The third-order valence-corrected chi connectivity index (χ3v) is 3.71. The lowest BCUT2D eigenvalue weighted by Gasteiger charge is -2.29. The molecule has 0 amide bonds. The van der Waals surface area contributed by atoms with E-state index in [0.717, 1.165) is 25.8 Å². The van der Waals surface area contributed by atoms with Gasteiger partial charge in [-0.05, 0) is 39.7 Å². The number of rotatable bonds is 8. The first-order chi connectivity index (χ1) is 8.07. The van der Waals surface area contributed by atoms with Crippen molar-refractivity contribution in [1.29, 1.82) is 0 Å². The van der Waals surface area contributed by atoms with Gasteiger partial charge >= 0.3 is 0 Å². The minimum absolute atomic E-state index is 0.0733. The molecule has 0 aliphatic carbocycles. The summed E-state index contributed by atoms with van der Waals surface area (Å²) < 4.78 is 5.52. The van der Waals surface area contributed by atoms with Crippen LogP contribution in [0, 0.1) is 0 Å². The van der Waals surface area contributed by atoms with Crippen LogP contribution in [0.2, 0.25) is 0 Å². The van der Waals surface area contributed by atoms with Crippen LogP contribution in [0.15, 0.2) is 11.7 Å².